The molecular weight excluding hydrogens is 1190 g/mol. The molecule has 5 aromatic rings. The Labute approximate surface area is 543 Å². The van der Waals surface area contributed by atoms with Crippen LogP contribution in [0.4, 0.5) is 17.1 Å². The highest BCUT2D eigenvalue weighted by Gasteiger charge is 2.52. The summed E-state index contributed by atoms with van der Waals surface area (Å²) < 4.78 is 16.4. The monoisotopic (exact) mass is 1280 g/mol. The summed E-state index contributed by atoms with van der Waals surface area (Å²) in [7, 11) is 3.32. The van der Waals surface area contributed by atoms with Crippen LogP contribution in [-0.2, 0) is 38.9 Å². The lowest BCUT2D eigenvalue weighted by molar-refractivity contribution is -0.135. The van der Waals surface area contributed by atoms with Crippen molar-refractivity contribution in [2.24, 2.45) is 22.3 Å². The van der Waals surface area contributed by atoms with Gasteiger partial charge in [0.2, 0.25) is 29.5 Å². The van der Waals surface area contributed by atoms with Gasteiger partial charge >= 0.3 is 11.4 Å². The van der Waals surface area contributed by atoms with Gasteiger partial charge in [-0.25, -0.2) is 9.59 Å². The molecular formula is C69H93N13O11. The molecule has 24 nitrogen and oxygen atoms in total. The van der Waals surface area contributed by atoms with Gasteiger partial charge < -0.3 is 61.7 Å². The number of H-pyrrole nitrogens is 1. The number of hydrogen-bond acceptors (Lipinski definition) is 15. The Morgan fingerprint density at radius 1 is 0.624 bits per heavy atom. The first-order valence-corrected chi connectivity index (χ1v) is 33.2. The summed E-state index contributed by atoms with van der Waals surface area (Å²) in [5.41, 5.74) is 32.6. The van der Waals surface area contributed by atoms with Crippen LogP contribution in [0.15, 0.2) is 91.9 Å². The Hall–Kier alpha value is -8.25. The largest absolute Gasteiger partial charge is 0.419 e. The molecule has 4 aromatic carbocycles. The van der Waals surface area contributed by atoms with Crippen molar-refractivity contribution in [1.82, 2.24) is 19.7 Å². The number of ether oxygens (including phenoxy) is 2. The van der Waals surface area contributed by atoms with Crippen LogP contribution in [0.2, 0.25) is 0 Å². The highest BCUT2D eigenvalue weighted by Crippen LogP contribution is 2.62. The van der Waals surface area contributed by atoms with E-state index in [4.69, 9.17) is 26.7 Å². The molecule has 1 fully saturated rings. The Morgan fingerprint density at radius 3 is 1.56 bits per heavy atom. The van der Waals surface area contributed by atoms with Gasteiger partial charge in [0.05, 0.1) is 43.4 Å². The molecule has 10 N–H and O–H groups in total. The maximum atomic E-state index is 14.6. The van der Waals surface area contributed by atoms with Crippen LogP contribution >= 0.6 is 0 Å². The van der Waals surface area contributed by atoms with E-state index in [1.165, 1.54) is 28.0 Å². The number of nitrogens with zero attached hydrogens (tertiary/aromatic N) is 6. The topological polar surface area (TPSA) is 357 Å². The Balaban J connectivity index is 0.941. The van der Waals surface area contributed by atoms with Gasteiger partial charge in [-0.2, -0.15) is 0 Å². The number of hydrogen-bond donors (Lipinski definition) is 7. The lowest BCUT2D eigenvalue weighted by Gasteiger charge is -2.51. The molecule has 93 heavy (non-hydrogen) atoms. The molecule has 2 bridgehead atoms. The Morgan fingerprint density at radius 2 is 1.09 bits per heavy atom. The van der Waals surface area contributed by atoms with Crippen LogP contribution in [-0.4, -0.2) is 147 Å². The summed E-state index contributed by atoms with van der Waals surface area (Å²) in [6.07, 6.45) is 15.6. The van der Waals surface area contributed by atoms with Crippen molar-refractivity contribution in [2.75, 3.05) is 95.7 Å². The number of carbonyl (C=O) groups excluding carboxylic acids is 6. The molecule has 2 unspecified atom stereocenters. The fraction of sp³-hybridized carbons (Fsp3) is 0.536. The van der Waals surface area contributed by atoms with Crippen molar-refractivity contribution < 1.29 is 42.7 Å². The van der Waals surface area contributed by atoms with E-state index >= 15 is 0 Å². The maximum absolute atomic E-state index is 14.6. The number of likely N-dealkylation sites (N-methyl/N-ethyl adjacent to an activating group) is 2. The van der Waals surface area contributed by atoms with Gasteiger partial charge in [-0.05, 0) is 165 Å². The van der Waals surface area contributed by atoms with E-state index in [0.717, 1.165) is 130 Å². The van der Waals surface area contributed by atoms with Crippen molar-refractivity contribution in [3.05, 3.63) is 143 Å². The molecule has 3 aliphatic carbocycles. The second-order valence-electron chi connectivity index (χ2n) is 24.7. The minimum absolute atomic E-state index is 0.0215. The van der Waals surface area contributed by atoms with E-state index in [1.54, 1.807) is 19.0 Å². The molecule has 2 atom stereocenters. The van der Waals surface area contributed by atoms with Gasteiger partial charge in [0.25, 0.3) is 5.91 Å². The van der Waals surface area contributed by atoms with Gasteiger partial charge in [0.15, 0.2) is 0 Å². The van der Waals surface area contributed by atoms with Crippen molar-refractivity contribution in [1.29, 1.82) is 0 Å². The number of azide groups is 1. The molecule has 4 aliphatic rings. The van der Waals surface area contributed by atoms with Crippen LogP contribution in [0.5, 0.6) is 0 Å². The van der Waals surface area contributed by atoms with Crippen molar-refractivity contribution in [3.8, 4) is 0 Å². The van der Waals surface area contributed by atoms with Gasteiger partial charge in [0, 0.05) is 98.3 Å². The number of carbonyl (C=O) groups is 6. The molecule has 0 spiro atoms. The van der Waals surface area contributed by atoms with Gasteiger partial charge in [-0.1, -0.05) is 81.1 Å². The molecule has 500 valence electrons. The summed E-state index contributed by atoms with van der Waals surface area (Å²) in [5.74, 6) is -2.55. The average molecular weight is 1280 g/mol. The van der Waals surface area contributed by atoms with Gasteiger partial charge in [-0.3, -0.25) is 33.8 Å². The lowest BCUT2D eigenvalue weighted by atomic mass is 9.51. The van der Waals surface area contributed by atoms with Gasteiger partial charge in [0.1, 0.15) is 6.04 Å². The van der Waals surface area contributed by atoms with E-state index < -0.39 is 40.7 Å². The molecule has 9 rings (SSSR count). The maximum Gasteiger partial charge on any atom is 0.419 e. The highest BCUT2D eigenvalue weighted by atomic mass is 16.5. The standard InChI is InChI=1S/C69H93N13O11/c1-80(34-36-91-38-39-92-37-35-81(2)66(88)59-44-50(78-79-73)45-82(59)65(87)46-21-25-54-58(40-46)77-68(90)93-67(54)89)63(86)29-30-69-55-41-47(74-60(83)18-12-6-3-9-15-31-70)22-26-51(55)64(52-27-23-48(42-56(52)69)75-61(84)19-13-7-4-10-16-32-71)53-28-24-49(43-57(53)69)76-62(85)20-14-8-5-11-17-33-72/h21-28,40-43,50,59,64H,3-20,29-39,44-45,70-72H2,1-2H3,(H,74,83)(H,75,84)(H,76,85)(H,77,90). The molecule has 24 heteroatoms. The Bertz CT molecular complexity index is 3390. The summed E-state index contributed by atoms with van der Waals surface area (Å²) in [4.78, 5) is 117. The molecule has 1 aromatic heterocycles. The zero-order chi connectivity index (χ0) is 66.3. The molecule has 1 saturated heterocycles. The van der Waals surface area contributed by atoms with Crippen LogP contribution in [0.3, 0.4) is 0 Å². The quantitative estimate of drug-likeness (QED) is 0.00838. The number of anilines is 3. The predicted molar refractivity (Wildman–Crippen MR) is 358 cm³/mol. The van der Waals surface area contributed by atoms with E-state index in [0.29, 0.717) is 62.4 Å². The number of fused-ring (bicyclic) bond motifs is 1. The first-order valence-electron chi connectivity index (χ1n) is 33.2. The zero-order valence-electron chi connectivity index (χ0n) is 54.0. The number of aromatic nitrogens is 1. The van der Waals surface area contributed by atoms with Gasteiger partial charge in [-0.15, -0.1) is 0 Å². The number of benzene rings is 4. The fourth-order valence-electron chi connectivity index (χ4n) is 13.2. The van der Waals surface area contributed by atoms with Crippen LogP contribution in [0.1, 0.15) is 184 Å². The van der Waals surface area contributed by atoms with E-state index in [-0.39, 0.29) is 105 Å². The van der Waals surface area contributed by atoms with Crippen molar-refractivity contribution in [3.63, 3.8) is 0 Å². The molecule has 6 amide bonds. The Kier molecular flexibility index (Phi) is 26.7. The first kappa shape index (κ1) is 70.6. The number of nitrogens with two attached hydrogens (primary N) is 3. The van der Waals surface area contributed by atoms with Crippen LogP contribution in [0, 0.1) is 0 Å². The summed E-state index contributed by atoms with van der Waals surface area (Å²) in [6.45, 7) is 3.09. The molecule has 0 radical (unpaired) electrons. The molecule has 0 saturated carbocycles. The van der Waals surface area contributed by atoms with Crippen molar-refractivity contribution in [2.45, 2.75) is 158 Å². The fourth-order valence-corrected chi connectivity index (χ4v) is 13.2. The zero-order valence-corrected chi connectivity index (χ0v) is 54.0. The number of aromatic amines is 1. The predicted octanol–water partition coefficient (Wildman–Crippen LogP) is 8.66. The molecule has 2 heterocycles. The third-order valence-electron chi connectivity index (χ3n) is 18.1. The minimum atomic E-state index is -0.986. The SMILES string of the molecule is CN(CCOCCOCCN(C)C(=O)C1CC(N=[N+]=[N-])CN1C(=O)c1ccc2c(=O)oc(=O)[nH]c2c1)C(=O)CCC12c3cc(NC(=O)CCCCCCCN)ccc3C(c3ccc(NC(=O)CCCCCCCN)cc31)c1ccc(NC(=O)CCCCCCCN)cc12. The third-order valence-corrected chi connectivity index (χ3v) is 18.1. The number of nitrogens with one attached hydrogen (secondary N) is 4. The number of rotatable bonds is 39. The number of likely N-dealkylation sites (tertiary alicyclic amines) is 1. The first-order chi connectivity index (χ1) is 45.1. The average Bonchev–Trinajstić information content (AvgIpc) is 0.887. The normalized spacial score (nSPS) is 16.7. The van der Waals surface area contributed by atoms with E-state index in [2.05, 4.69) is 71.8 Å². The smallest absolute Gasteiger partial charge is 0.377 e. The van der Waals surface area contributed by atoms with E-state index in [1.807, 2.05) is 18.2 Å². The second kappa shape index (κ2) is 35.1. The summed E-state index contributed by atoms with van der Waals surface area (Å²) in [5, 5.41) is 13.4. The minimum Gasteiger partial charge on any atom is -0.377 e. The van der Waals surface area contributed by atoms with Crippen molar-refractivity contribution >= 4 is 63.4 Å². The van der Waals surface area contributed by atoms with E-state index in [9.17, 15) is 43.9 Å². The van der Waals surface area contributed by atoms with Crippen LogP contribution in [0.25, 0.3) is 21.3 Å². The lowest BCUT2D eigenvalue weighted by Crippen LogP contribution is -2.47. The summed E-state index contributed by atoms with van der Waals surface area (Å²) >= 11 is 0. The number of amides is 6. The number of unbranched alkanes of at least 4 members (excludes halogenated alkanes) is 12. The third kappa shape index (κ3) is 18.5. The second-order valence-corrected chi connectivity index (χ2v) is 24.7. The van der Waals surface area contributed by atoms with Crippen LogP contribution < -0.4 is 44.5 Å². The highest BCUT2D eigenvalue weighted by molar-refractivity contribution is 6.00. The summed E-state index contributed by atoms with van der Waals surface area (Å²) in [6, 6.07) is 20.8. The molecule has 1 aliphatic heterocycles.